The smallest absolute Gasteiger partial charge is 0.274 e. The van der Waals surface area contributed by atoms with Crippen LogP contribution >= 0.6 is 0 Å². The molecule has 1 amide bonds. The van der Waals surface area contributed by atoms with E-state index in [1.54, 1.807) is 24.3 Å². The standard InChI is InChI=1S/C16H19N3O2/c1-10(2)17-15-6-4-5-14(18-15)16(21)19-13-8-7-12(20)9-11(13)3/h4-10,20H,1-3H3,(H,17,18)(H,19,21). The summed E-state index contributed by atoms with van der Waals surface area (Å²) in [4.78, 5) is 16.5. The molecule has 0 aliphatic carbocycles. The molecule has 110 valence electrons. The molecule has 2 aromatic rings. The molecule has 3 N–H and O–H groups in total. The molecule has 21 heavy (non-hydrogen) atoms. The van der Waals surface area contributed by atoms with E-state index in [2.05, 4.69) is 15.6 Å². The summed E-state index contributed by atoms with van der Waals surface area (Å²) >= 11 is 0. The molecule has 0 aliphatic heterocycles. The normalized spacial score (nSPS) is 10.5. The van der Waals surface area contributed by atoms with Crippen molar-refractivity contribution in [2.24, 2.45) is 0 Å². The number of aryl methyl sites for hydroxylation is 1. The number of anilines is 2. The van der Waals surface area contributed by atoms with Crippen LogP contribution in [0.3, 0.4) is 0 Å². The van der Waals surface area contributed by atoms with Gasteiger partial charge in [-0.25, -0.2) is 4.98 Å². The molecule has 5 heteroatoms. The summed E-state index contributed by atoms with van der Waals surface area (Å²) in [6.45, 7) is 5.84. The van der Waals surface area contributed by atoms with E-state index >= 15 is 0 Å². The number of nitrogens with zero attached hydrogens (tertiary/aromatic N) is 1. The molecule has 1 aromatic heterocycles. The summed E-state index contributed by atoms with van der Waals surface area (Å²) in [5.74, 6) is 0.558. The van der Waals surface area contributed by atoms with Crippen molar-refractivity contribution < 1.29 is 9.90 Å². The Hall–Kier alpha value is -2.56. The Bertz CT molecular complexity index is 654. The number of aromatic hydroxyl groups is 1. The predicted molar refractivity (Wildman–Crippen MR) is 83.8 cm³/mol. The first-order valence-corrected chi connectivity index (χ1v) is 6.80. The van der Waals surface area contributed by atoms with Crippen LogP contribution in [-0.2, 0) is 0 Å². The largest absolute Gasteiger partial charge is 0.508 e. The quantitative estimate of drug-likeness (QED) is 0.754. The number of carbonyl (C=O) groups is 1. The van der Waals surface area contributed by atoms with Gasteiger partial charge in [-0.1, -0.05) is 6.07 Å². The third kappa shape index (κ3) is 3.95. The summed E-state index contributed by atoms with van der Waals surface area (Å²) < 4.78 is 0. The average Bonchev–Trinajstić information content (AvgIpc) is 2.41. The van der Waals surface area contributed by atoms with E-state index in [1.807, 2.05) is 26.8 Å². The van der Waals surface area contributed by atoms with Gasteiger partial charge in [0.1, 0.15) is 17.3 Å². The van der Waals surface area contributed by atoms with E-state index in [9.17, 15) is 9.90 Å². The Morgan fingerprint density at radius 1 is 1.24 bits per heavy atom. The van der Waals surface area contributed by atoms with Crippen molar-refractivity contribution >= 4 is 17.4 Å². The van der Waals surface area contributed by atoms with Crippen LogP contribution in [0, 0.1) is 6.92 Å². The van der Waals surface area contributed by atoms with Crippen LogP contribution in [-0.4, -0.2) is 22.0 Å². The predicted octanol–water partition coefficient (Wildman–Crippen LogP) is 3.17. The molecule has 2 rings (SSSR count). The number of carbonyl (C=O) groups excluding carboxylic acids is 1. The van der Waals surface area contributed by atoms with Crippen LogP contribution < -0.4 is 10.6 Å². The SMILES string of the molecule is Cc1cc(O)ccc1NC(=O)c1cccc(NC(C)C)n1. The molecule has 0 radical (unpaired) electrons. The van der Waals surface area contributed by atoms with Gasteiger partial charge in [-0.3, -0.25) is 4.79 Å². The number of rotatable bonds is 4. The zero-order chi connectivity index (χ0) is 15.4. The van der Waals surface area contributed by atoms with Gasteiger partial charge in [-0.2, -0.15) is 0 Å². The summed E-state index contributed by atoms with van der Waals surface area (Å²) in [6, 6.07) is 10.3. The van der Waals surface area contributed by atoms with E-state index < -0.39 is 0 Å². The lowest BCUT2D eigenvalue weighted by atomic mass is 10.2. The van der Waals surface area contributed by atoms with E-state index in [0.717, 1.165) is 5.56 Å². The van der Waals surface area contributed by atoms with E-state index in [-0.39, 0.29) is 17.7 Å². The maximum atomic E-state index is 12.2. The molecular formula is C16H19N3O2. The molecule has 0 saturated carbocycles. The second-order valence-electron chi connectivity index (χ2n) is 5.16. The van der Waals surface area contributed by atoms with E-state index in [4.69, 9.17) is 0 Å². The first-order valence-electron chi connectivity index (χ1n) is 6.80. The van der Waals surface area contributed by atoms with Crippen molar-refractivity contribution in [3.8, 4) is 5.75 Å². The molecule has 1 aromatic carbocycles. The number of hydrogen-bond acceptors (Lipinski definition) is 4. The van der Waals surface area contributed by atoms with Crippen LogP contribution in [0.4, 0.5) is 11.5 Å². The third-order valence-corrected chi connectivity index (χ3v) is 2.88. The molecule has 5 nitrogen and oxygen atoms in total. The number of phenols is 1. The number of hydrogen-bond donors (Lipinski definition) is 3. The van der Waals surface area contributed by atoms with Crippen LogP contribution in [0.5, 0.6) is 5.75 Å². The summed E-state index contributed by atoms with van der Waals surface area (Å²) in [6.07, 6.45) is 0. The highest BCUT2D eigenvalue weighted by Gasteiger charge is 2.10. The molecule has 0 aliphatic rings. The van der Waals surface area contributed by atoms with Gasteiger partial charge in [0.15, 0.2) is 0 Å². The number of nitrogens with one attached hydrogen (secondary N) is 2. The highest BCUT2D eigenvalue weighted by molar-refractivity contribution is 6.03. The van der Waals surface area contributed by atoms with Crippen molar-refractivity contribution in [3.05, 3.63) is 47.7 Å². The van der Waals surface area contributed by atoms with Crippen molar-refractivity contribution in [3.63, 3.8) is 0 Å². The van der Waals surface area contributed by atoms with Gasteiger partial charge < -0.3 is 15.7 Å². The van der Waals surface area contributed by atoms with Crippen molar-refractivity contribution in [1.29, 1.82) is 0 Å². The highest BCUT2D eigenvalue weighted by Crippen LogP contribution is 2.20. The minimum absolute atomic E-state index is 0.173. The molecule has 0 unspecified atom stereocenters. The molecular weight excluding hydrogens is 266 g/mol. The zero-order valence-corrected chi connectivity index (χ0v) is 12.3. The van der Waals surface area contributed by atoms with Gasteiger partial charge in [-0.15, -0.1) is 0 Å². The van der Waals surface area contributed by atoms with Crippen molar-refractivity contribution in [2.45, 2.75) is 26.8 Å². The Morgan fingerprint density at radius 3 is 2.67 bits per heavy atom. The number of aromatic nitrogens is 1. The minimum Gasteiger partial charge on any atom is -0.508 e. The van der Waals surface area contributed by atoms with Crippen molar-refractivity contribution in [1.82, 2.24) is 4.98 Å². The van der Waals surface area contributed by atoms with Crippen LogP contribution in [0.15, 0.2) is 36.4 Å². The lowest BCUT2D eigenvalue weighted by Gasteiger charge is -2.11. The van der Waals surface area contributed by atoms with Crippen molar-refractivity contribution in [2.75, 3.05) is 10.6 Å². The Labute approximate surface area is 124 Å². The van der Waals surface area contributed by atoms with Crippen LogP contribution in [0.2, 0.25) is 0 Å². The fourth-order valence-corrected chi connectivity index (χ4v) is 1.91. The molecule has 0 spiro atoms. The third-order valence-electron chi connectivity index (χ3n) is 2.88. The summed E-state index contributed by atoms with van der Waals surface area (Å²) in [5, 5.41) is 15.3. The molecule has 0 bridgehead atoms. The molecule has 0 atom stereocenters. The first-order chi connectivity index (χ1) is 9.95. The highest BCUT2D eigenvalue weighted by atomic mass is 16.3. The van der Waals surface area contributed by atoms with E-state index in [0.29, 0.717) is 17.2 Å². The fraction of sp³-hybridized carbons (Fsp3) is 0.250. The van der Waals surface area contributed by atoms with Gasteiger partial charge in [0.2, 0.25) is 0 Å². The van der Waals surface area contributed by atoms with Gasteiger partial charge in [0.25, 0.3) is 5.91 Å². The topological polar surface area (TPSA) is 74.2 Å². The minimum atomic E-state index is -0.281. The van der Waals surface area contributed by atoms with Crippen LogP contribution in [0.25, 0.3) is 0 Å². The Kier molecular flexibility index (Phi) is 4.42. The molecule has 1 heterocycles. The second-order valence-corrected chi connectivity index (χ2v) is 5.16. The lowest BCUT2D eigenvalue weighted by molar-refractivity contribution is 0.102. The summed E-state index contributed by atoms with van der Waals surface area (Å²) in [7, 11) is 0. The van der Waals surface area contributed by atoms with Gasteiger partial charge in [-0.05, 0) is 56.7 Å². The fourth-order valence-electron chi connectivity index (χ4n) is 1.91. The van der Waals surface area contributed by atoms with Gasteiger partial charge >= 0.3 is 0 Å². The molecule has 0 fully saturated rings. The monoisotopic (exact) mass is 285 g/mol. The maximum absolute atomic E-state index is 12.2. The number of amides is 1. The molecule has 0 saturated heterocycles. The van der Waals surface area contributed by atoms with E-state index in [1.165, 1.54) is 6.07 Å². The number of pyridine rings is 1. The summed E-state index contributed by atoms with van der Waals surface area (Å²) in [5.41, 5.74) is 1.79. The first kappa shape index (κ1) is 14.8. The Balaban J connectivity index is 2.16. The van der Waals surface area contributed by atoms with Gasteiger partial charge in [0, 0.05) is 11.7 Å². The maximum Gasteiger partial charge on any atom is 0.274 e. The lowest BCUT2D eigenvalue weighted by Crippen LogP contribution is -2.17. The number of phenolic OH excluding ortho intramolecular Hbond substituents is 1. The van der Waals surface area contributed by atoms with Crippen LogP contribution in [0.1, 0.15) is 29.9 Å². The Morgan fingerprint density at radius 2 is 2.00 bits per heavy atom. The van der Waals surface area contributed by atoms with Gasteiger partial charge in [0.05, 0.1) is 0 Å². The zero-order valence-electron chi connectivity index (χ0n) is 12.3. The number of benzene rings is 1. The average molecular weight is 285 g/mol. The second kappa shape index (κ2) is 6.26.